The maximum absolute atomic E-state index is 5.57. The summed E-state index contributed by atoms with van der Waals surface area (Å²) in [5.41, 5.74) is 1.39. The van der Waals surface area contributed by atoms with Crippen molar-refractivity contribution in [3.05, 3.63) is 29.8 Å². The first-order valence-electron chi connectivity index (χ1n) is 7.74. The molecule has 0 aromatic heterocycles. The van der Waals surface area contributed by atoms with Crippen molar-refractivity contribution in [2.24, 2.45) is 5.92 Å². The smallest absolute Gasteiger partial charge is 0.139 e. The molecule has 0 aliphatic carbocycles. The van der Waals surface area contributed by atoms with Crippen LogP contribution in [-0.2, 0) is 6.54 Å². The highest BCUT2D eigenvalue weighted by Crippen LogP contribution is 2.16. The molecule has 3 aliphatic rings. The van der Waals surface area contributed by atoms with Gasteiger partial charge < -0.3 is 15.0 Å². The van der Waals surface area contributed by atoms with E-state index >= 15 is 0 Å². The summed E-state index contributed by atoms with van der Waals surface area (Å²) in [6.45, 7) is 8.07. The highest BCUT2D eigenvalue weighted by Gasteiger charge is 2.39. The maximum atomic E-state index is 5.57. The molecule has 0 saturated carbocycles. The third kappa shape index (κ3) is 3.10. The van der Waals surface area contributed by atoms with Gasteiger partial charge in [-0.15, -0.1) is 0 Å². The zero-order valence-corrected chi connectivity index (χ0v) is 11.9. The van der Waals surface area contributed by atoms with Gasteiger partial charge in [-0.2, -0.15) is 0 Å². The average Bonchev–Trinajstić information content (AvgIpc) is 2.47. The molecule has 1 atom stereocenters. The second kappa shape index (κ2) is 5.93. The molecule has 3 aliphatic heterocycles. The lowest BCUT2D eigenvalue weighted by Crippen LogP contribution is -3.20. The number of quaternary nitrogens is 2. The van der Waals surface area contributed by atoms with Crippen LogP contribution in [-0.4, -0.2) is 32.3 Å². The van der Waals surface area contributed by atoms with Crippen LogP contribution in [0.15, 0.2) is 24.3 Å². The standard InChI is InChI=1S/C16H24N2O/c1-2-19-15-5-3-4-13(10-15)11-17-16-12-18-8-6-14(16)7-9-18/h3-5,10,14,16-17H,2,6-9,11-12H2,1H3/p+2/t16-/m0/s1. The molecule has 0 spiro atoms. The molecule has 3 fully saturated rings. The van der Waals surface area contributed by atoms with Crippen LogP contribution in [0, 0.1) is 5.92 Å². The van der Waals surface area contributed by atoms with Gasteiger partial charge in [-0.25, -0.2) is 0 Å². The molecule has 3 nitrogen and oxygen atoms in total. The lowest BCUT2D eigenvalue weighted by molar-refractivity contribution is -0.943. The molecule has 0 unspecified atom stereocenters. The van der Waals surface area contributed by atoms with E-state index in [4.69, 9.17) is 4.74 Å². The lowest BCUT2D eigenvalue weighted by Gasteiger charge is -2.40. The average molecular weight is 262 g/mol. The zero-order valence-electron chi connectivity index (χ0n) is 11.9. The Morgan fingerprint density at radius 2 is 2.16 bits per heavy atom. The van der Waals surface area contributed by atoms with E-state index in [1.165, 1.54) is 38.0 Å². The Bertz CT molecular complexity index is 413. The Balaban J connectivity index is 1.55. The lowest BCUT2D eigenvalue weighted by atomic mass is 9.84. The van der Waals surface area contributed by atoms with E-state index in [0.29, 0.717) is 0 Å². The van der Waals surface area contributed by atoms with Gasteiger partial charge in [0.2, 0.25) is 0 Å². The van der Waals surface area contributed by atoms with Gasteiger partial charge >= 0.3 is 0 Å². The predicted molar refractivity (Wildman–Crippen MR) is 75.3 cm³/mol. The number of nitrogens with one attached hydrogen (secondary N) is 1. The van der Waals surface area contributed by atoms with Crippen molar-refractivity contribution < 1.29 is 15.0 Å². The number of rotatable bonds is 5. The van der Waals surface area contributed by atoms with E-state index in [-0.39, 0.29) is 0 Å². The summed E-state index contributed by atoms with van der Waals surface area (Å²) in [6.07, 6.45) is 2.88. The summed E-state index contributed by atoms with van der Waals surface area (Å²) in [4.78, 5) is 1.83. The van der Waals surface area contributed by atoms with Crippen LogP contribution < -0.4 is 15.0 Å². The number of benzene rings is 1. The van der Waals surface area contributed by atoms with Gasteiger partial charge in [-0.1, -0.05) is 12.1 Å². The van der Waals surface area contributed by atoms with Crippen LogP contribution in [0.1, 0.15) is 25.3 Å². The summed E-state index contributed by atoms with van der Waals surface area (Å²) in [5.74, 6) is 1.97. The first-order valence-corrected chi connectivity index (χ1v) is 7.74. The quantitative estimate of drug-likeness (QED) is 0.758. The summed E-state index contributed by atoms with van der Waals surface area (Å²) in [5, 5.41) is 2.56. The highest BCUT2D eigenvalue weighted by molar-refractivity contribution is 5.27. The Kier molecular flexibility index (Phi) is 4.04. The van der Waals surface area contributed by atoms with Crippen LogP contribution >= 0.6 is 0 Å². The van der Waals surface area contributed by atoms with E-state index in [2.05, 4.69) is 23.5 Å². The molecule has 3 heterocycles. The SMILES string of the molecule is CCOc1cccc(C[NH2+][C@H]2C[NH+]3CCC2CC3)c1. The normalized spacial score (nSPS) is 29.4. The van der Waals surface area contributed by atoms with Crippen molar-refractivity contribution in [3.8, 4) is 5.75 Å². The number of nitrogens with two attached hydrogens (primary N) is 1. The molecule has 0 radical (unpaired) electrons. The Morgan fingerprint density at radius 1 is 1.32 bits per heavy atom. The van der Waals surface area contributed by atoms with Crippen molar-refractivity contribution in [3.63, 3.8) is 0 Å². The van der Waals surface area contributed by atoms with Gasteiger partial charge in [-0.3, -0.25) is 0 Å². The second-order valence-corrected chi connectivity index (χ2v) is 5.98. The fourth-order valence-electron chi connectivity index (χ4n) is 3.67. The molecular weight excluding hydrogens is 236 g/mol. The topological polar surface area (TPSA) is 30.3 Å². The van der Waals surface area contributed by atoms with Crippen molar-refractivity contribution >= 4 is 0 Å². The summed E-state index contributed by atoms with van der Waals surface area (Å²) < 4.78 is 5.57. The Hall–Kier alpha value is -1.06. The molecular formula is C16H26N2O+2. The maximum Gasteiger partial charge on any atom is 0.139 e. The molecule has 3 saturated heterocycles. The first-order chi connectivity index (χ1) is 9.35. The molecule has 1 aromatic carbocycles. The summed E-state index contributed by atoms with van der Waals surface area (Å²) in [7, 11) is 0. The van der Waals surface area contributed by atoms with Crippen LogP contribution in [0.2, 0.25) is 0 Å². The van der Waals surface area contributed by atoms with Crippen molar-refractivity contribution in [2.45, 2.75) is 32.4 Å². The molecule has 4 rings (SSSR count). The third-order valence-corrected chi connectivity index (χ3v) is 4.73. The summed E-state index contributed by atoms with van der Waals surface area (Å²) in [6, 6.07) is 9.40. The largest absolute Gasteiger partial charge is 0.494 e. The van der Waals surface area contributed by atoms with E-state index in [9.17, 15) is 0 Å². The molecule has 3 N–H and O–H groups in total. The molecule has 2 bridgehead atoms. The zero-order chi connectivity index (χ0) is 13.1. The molecule has 1 aromatic rings. The van der Waals surface area contributed by atoms with Gasteiger partial charge in [0.25, 0.3) is 0 Å². The molecule has 19 heavy (non-hydrogen) atoms. The molecule has 0 amide bonds. The van der Waals surface area contributed by atoms with Crippen molar-refractivity contribution in [2.75, 3.05) is 26.2 Å². The number of piperidine rings is 3. The minimum atomic E-state index is 0.746. The van der Waals surface area contributed by atoms with Gasteiger partial charge in [0.05, 0.1) is 19.7 Å². The van der Waals surface area contributed by atoms with Crippen LogP contribution in [0.3, 0.4) is 0 Å². The van der Waals surface area contributed by atoms with Crippen LogP contribution in [0.5, 0.6) is 5.75 Å². The van der Waals surface area contributed by atoms with Gasteiger partial charge in [0.1, 0.15) is 24.9 Å². The highest BCUT2D eigenvalue weighted by atomic mass is 16.5. The van der Waals surface area contributed by atoms with Gasteiger partial charge in [-0.05, 0) is 19.1 Å². The van der Waals surface area contributed by atoms with E-state index in [1.807, 2.05) is 17.9 Å². The number of hydrogen-bond acceptors (Lipinski definition) is 1. The van der Waals surface area contributed by atoms with Crippen molar-refractivity contribution in [1.29, 1.82) is 0 Å². The number of hydrogen-bond donors (Lipinski definition) is 2. The second-order valence-electron chi connectivity index (χ2n) is 5.98. The minimum Gasteiger partial charge on any atom is -0.494 e. The fraction of sp³-hybridized carbons (Fsp3) is 0.625. The van der Waals surface area contributed by atoms with E-state index in [0.717, 1.165) is 30.9 Å². The summed E-state index contributed by atoms with van der Waals surface area (Å²) >= 11 is 0. The number of ether oxygens (including phenoxy) is 1. The predicted octanol–water partition coefficient (Wildman–Crippen LogP) is -0.174. The third-order valence-electron chi connectivity index (χ3n) is 4.73. The van der Waals surface area contributed by atoms with Gasteiger partial charge in [0, 0.05) is 24.3 Å². The molecule has 3 heteroatoms. The Labute approximate surface area is 115 Å². The van der Waals surface area contributed by atoms with Gasteiger partial charge in [0.15, 0.2) is 0 Å². The Morgan fingerprint density at radius 3 is 2.84 bits per heavy atom. The van der Waals surface area contributed by atoms with Crippen LogP contribution in [0.25, 0.3) is 0 Å². The van der Waals surface area contributed by atoms with Crippen molar-refractivity contribution in [1.82, 2.24) is 0 Å². The number of fused-ring (bicyclic) bond motifs is 3. The van der Waals surface area contributed by atoms with E-state index in [1.54, 1.807) is 0 Å². The monoisotopic (exact) mass is 262 g/mol. The van der Waals surface area contributed by atoms with E-state index < -0.39 is 0 Å². The fourth-order valence-corrected chi connectivity index (χ4v) is 3.67. The first kappa shape index (κ1) is 12.9. The minimum absolute atomic E-state index is 0.746. The van der Waals surface area contributed by atoms with Crippen LogP contribution in [0.4, 0.5) is 0 Å². The molecule has 104 valence electrons.